The highest BCUT2D eigenvalue weighted by Gasteiger charge is 2.32. The monoisotopic (exact) mass is 293 g/mol. The first-order chi connectivity index (χ1) is 10.2. The van der Waals surface area contributed by atoms with Crippen LogP contribution in [0.2, 0.25) is 0 Å². The Kier molecular flexibility index (Phi) is 5.71. The summed E-state index contributed by atoms with van der Waals surface area (Å²) in [5.41, 5.74) is 1.04. The van der Waals surface area contributed by atoms with Gasteiger partial charge >= 0.3 is 5.97 Å². The number of aliphatic carboxylic acids is 1. The van der Waals surface area contributed by atoms with Crippen LogP contribution in [0.1, 0.15) is 12.0 Å². The number of carbonyl (C=O) groups is 2. The molecule has 1 aliphatic heterocycles. The molecule has 0 spiro atoms. The van der Waals surface area contributed by atoms with Gasteiger partial charge in [-0.05, 0) is 5.56 Å². The molecule has 0 unspecified atom stereocenters. The van der Waals surface area contributed by atoms with Gasteiger partial charge in [-0.15, -0.1) is 0 Å². The van der Waals surface area contributed by atoms with Crippen LogP contribution in [0.5, 0.6) is 0 Å². The molecular weight excluding hydrogens is 274 g/mol. The van der Waals surface area contributed by atoms with Crippen molar-refractivity contribution in [3.8, 4) is 0 Å². The quantitative estimate of drug-likeness (QED) is 0.789. The molecule has 6 heteroatoms. The van der Waals surface area contributed by atoms with Gasteiger partial charge in [-0.3, -0.25) is 4.79 Å². The Labute approximate surface area is 123 Å². The van der Waals surface area contributed by atoms with Crippen LogP contribution in [0.25, 0.3) is 0 Å². The van der Waals surface area contributed by atoms with Crippen molar-refractivity contribution in [2.24, 2.45) is 0 Å². The van der Waals surface area contributed by atoms with Crippen molar-refractivity contribution in [2.75, 3.05) is 26.4 Å². The van der Waals surface area contributed by atoms with Crippen LogP contribution in [-0.4, -0.2) is 54.3 Å². The van der Waals surface area contributed by atoms with E-state index in [4.69, 9.17) is 14.6 Å². The van der Waals surface area contributed by atoms with Crippen molar-refractivity contribution in [1.29, 1.82) is 0 Å². The van der Waals surface area contributed by atoms with E-state index in [1.807, 2.05) is 30.3 Å². The lowest BCUT2D eigenvalue weighted by Gasteiger charge is -2.32. The maximum absolute atomic E-state index is 12.1. The molecule has 0 aliphatic carbocycles. The van der Waals surface area contributed by atoms with Crippen molar-refractivity contribution in [3.05, 3.63) is 35.9 Å². The zero-order valence-electron chi connectivity index (χ0n) is 11.7. The van der Waals surface area contributed by atoms with E-state index in [1.54, 1.807) is 0 Å². The van der Waals surface area contributed by atoms with Gasteiger partial charge < -0.3 is 19.5 Å². The lowest BCUT2D eigenvalue weighted by molar-refractivity contribution is -0.158. The van der Waals surface area contributed by atoms with E-state index in [1.165, 1.54) is 4.90 Å². The molecule has 0 radical (unpaired) electrons. The fraction of sp³-hybridized carbons (Fsp3) is 0.467. The summed E-state index contributed by atoms with van der Waals surface area (Å²) in [5.74, 6) is -1.24. The van der Waals surface area contributed by atoms with Crippen molar-refractivity contribution in [3.63, 3.8) is 0 Å². The third-order valence-electron chi connectivity index (χ3n) is 3.31. The Morgan fingerprint density at radius 2 is 2.10 bits per heavy atom. The van der Waals surface area contributed by atoms with Gasteiger partial charge in [-0.1, -0.05) is 30.3 Å². The number of carboxylic acid groups (broad SMARTS) is 1. The largest absolute Gasteiger partial charge is 0.480 e. The minimum atomic E-state index is -1.03. The first kappa shape index (κ1) is 15.5. The lowest BCUT2D eigenvalue weighted by atomic mass is 10.2. The molecule has 2 rings (SSSR count). The highest BCUT2D eigenvalue weighted by molar-refractivity contribution is 5.84. The molecule has 1 N–H and O–H groups in total. The molecule has 6 nitrogen and oxygen atoms in total. The summed E-state index contributed by atoms with van der Waals surface area (Å²) in [6.07, 6.45) is 0.177. The number of amides is 1. The predicted octanol–water partition coefficient (Wildman–Crippen LogP) is 0.905. The normalized spacial score (nSPS) is 18.5. The first-order valence-corrected chi connectivity index (χ1v) is 6.90. The minimum Gasteiger partial charge on any atom is -0.480 e. The summed E-state index contributed by atoms with van der Waals surface area (Å²) in [7, 11) is 0. The Bertz CT molecular complexity index is 476. The maximum atomic E-state index is 12.1. The topological polar surface area (TPSA) is 76.1 Å². The van der Waals surface area contributed by atoms with E-state index < -0.39 is 12.0 Å². The van der Waals surface area contributed by atoms with E-state index in [0.717, 1.165) is 5.56 Å². The zero-order chi connectivity index (χ0) is 15.1. The molecule has 0 aromatic heterocycles. The number of hydrogen-bond donors (Lipinski definition) is 1. The number of benzene rings is 1. The molecular formula is C15H19NO5. The number of rotatable bonds is 6. The number of nitrogens with zero attached hydrogens (tertiary/aromatic N) is 1. The van der Waals surface area contributed by atoms with Crippen molar-refractivity contribution in [1.82, 2.24) is 4.90 Å². The van der Waals surface area contributed by atoms with Gasteiger partial charge in [0.25, 0.3) is 0 Å². The summed E-state index contributed by atoms with van der Waals surface area (Å²) < 4.78 is 10.6. The van der Waals surface area contributed by atoms with Gasteiger partial charge in [0.05, 0.1) is 32.8 Å². The van der Waals surface area contributed by atoms with Crippen LogP contribution in [-0.2, 0) is 25.7 Å². The first-order valence-electron chi connectivity index (χ1n) is 6.90. The smallest absolute Gasteiger partial charge is 0.328 e. The van der Waals surface area contributed by atoms with Gasteiger partial charge in [-0.2, -0.15) is 0 Å². The van der Waals surface area contributed by atoms with Crippen LogP contribution in [0.15, 0.2) is 30.3 Å². The molecule has 1 heterocycles. The van der Waals surface area contributed by atoms with Gasteiger partial charge in [0.1, 0.15) is 0 Å². The summed E-state index contributed by atoms with van der Waals surface area (Å²) in [5, 5.41) is 9.07. The van der Waals surface area contributed by atoms with E-state index in [-0.39, 0.29) is 25.5 Å². The number of hydrogen-bond acceptors (Lipinski definition) is 4. The second-order valence-corrected chi connectivity index (χ2v) is 4.80. The zero-order valence-corrected chi connectivity index (χ0v) is 11.7. The van der Waals surface area contributed by atoms with Crippen LogP contribution in [0.3, 0.4) is 0 Å². The molecule has 1 amide bonds. The molecule has 1 aliphatic rings. The molecule has 0 bridgehead atoms. The Morgan fingerprint density at radius 1 is 1.33 bits per heavy atom. The Morgan fingerprint density at radius 3 is 2.81 bits per heavy atom. The number of morpholine rings is 1. The van der Waals surface area contributed by atoms with Crippen LogP contribution in [0.4, 0.5) is 0 Å². The van der Waals surface area contributed by atoms with E-state index in [2.05, 4.69) is 0 Å². The lowest BCUT2D eigenvalue weighted by Crippen LogP contribution is -2.52. The summed E-state index contributed by atoms with van der Waals surface area (Å²) >= 11 is 0. The molecule has 1 atom stereocenters. The average Bonchev–Trinajstić information content (AvgIpc) is 2.52. The van der Waals surface area contributed by atoms with E-state index >= 15 is 0 Å². The van der Waals surface area contributed by atoms with Crippen molar-refractivity contribution in [2.45, 2.75) is 19.1 Å². The second kappa shape index (κ2) is 7.75. The SMILES string of the molecule is O=C(O)[C@H]1COCCN1C(=O)CCOCc1ccccc1. The van der Waals surface area contributed by atoms with Crippen LogP contribution >= 0.6 is 0 Å². The highest BCUT2D eigenvalue weighted by Crippen LogP contribution is 2.09. The van der Waals surface area contributed by atoms with Gasteiger partial charge in [0.15, 0.2) is 6.04 Å². The number of ether oxygens (including phenoxy) is 2. The Hall–Kier alpha value is -1.92. The third-order valence-corrected chi connectivity index (χ3v) is 3.31. The van der Waals surface area contributed by atoms with Gasteiger partial charge in [0.2, 0.25) is 5.91 Å². The molecule has 1 saturated heterocycles. The van der Waals surface area contributed by atoms with Crippen molar-refractivity contribution < 1.29 is 24.2 Å². The predicted molar refractivity (Wildman–Crippen MR) is 74.7 cm³/mol. The highest BCUT2D eigenvalue weighted by atomic mass is 16.5. The standard InChI is InChI=1S/C15H19NO5/c17-14(16-7-9-21-11-13(16)15(18)19)6-8-20-10-12-4-2-1-3-5-12/h1-5,13H,6-11H2,(H,18,19)/t13-/m1/s1. The number of carbonyl (C=O) groups excluding carboxylic acids is 1. The molecule has 21 heavy (non-hydrogen) atoms. The molecule has 1 aromatic carbocycles. The van der Waals surface area contributed by atoms with E-state index in [0.29, 0.717) is 19.8 Å². The summed E-state index contributed by atoms with van der Waals surface area (Å²) in [4.78, 5) is 24.5. The van der Waals surface area contributed by atoms with E-state index in [9.17, 15) is 9.59 Å². The number of carboxylic acids is 1. The maximum Gasteiger partial charge on any atom is 0.328 e. The molecule has 114 valence electrons. The van der Waals surface area contributed by atoms with Crippen LogP contribution < -0.4 is 0 Å². The molecule has 0 saturated carbocycles. The minimum absolute atomic E-state index is 0.0476. The molecule has 1 aromatic rings. The van der Waals surface area contributed by atoms with Gasteiger partial charge in [0, 0.05) is 6.54 Å². The summed E-state index contributed by atoms with van der Waals surface area (Å²) in [6.45, 7) is 1.46. The summed E-state index contributed by atoms with van der Waals surface area (Å²) in [6, 6.07) is 8.79. The fourth-order valence-electron chi connectivity index (χ4n) is 2.17. The van der Waals surface area contributed by atoms with Crippen molar-refractivity contribution >= 4 is 11.9 Å². The van der Waals surface area contributed by atoms with Crippen LogP contribution in [0, 0.1) is 0 Å². The average molecular weight is 293 g/mol. The Balaban J connectivity index is 1.74. The molecule has 1 fully saturated rings. The fourth-order valence-corrected chi connectivity index (χ4v) is 2.17. The van der Waals surface area contributed by atoms with Gasteiger partial charge in [-0.25, -0.2) is 4.79 Å². The third kappa shape index (κ3) is 4.54. The second-order valence-electron chi connectivity index (χ2n) is 4.80.